The van der Waals surface area contributed by atoms with Gasteiger partial charge < -0.3 is 14.6 Å². The molecule has 0 unspecified atom stereocenters. The van der Waals surface area contributed by atoms with Crippen molar-refractivity contribution < 1.29 is 24.2 Å². The summed E-state index contributed by atoms with van der Waals surface area (Å²) in [5.74, 6) is -0.613. The molecule has 0 bridgehead atoms. The number of methoxy groups -OCH3 is 2. The number of nitrogens with zero attached hydrogens (tertiary/aromatic N) is 1. The van der Waals surface area contributed by atoms with E-state index in [1.54, 1.807) is 48.5 Å². The summed E-state index contributed by atoms with van der Waals surface area (Å²) in [6.07, 6.45) is 1.58. The van der Waals surface area contributed by atoms with Gasteiger partial charge in [-0.05, 0) is 48.1 Å². The summed E-state index contributed by atoms with van der Waals surface area (Å²) in [7, 11) is 2.83. The molecule has 3 rings (SSSR count). The normalized spacial score (nSPS) is 15.1. The van der Waals surface area contributed by atoms with Crippen molar-refractivity contribution in [1.29, 1.82) is 0 Å². The zero-order valence-corrected chi connectivity index (χ0v) is 16.6. The SMILES string of the molecule is COc1cc(/C=C2\SC(=S)N(NC(=O)c3ccccc3)C2=O)cc(OC)c1O. The molecule has 1 fully saturated rings. The van der Waals surface area contributed by atoms with E-state index in [1.165, 1.54) is 14.2 Å². The van der Waals surface area contributed by atoms with Crippen LogP contribution in [0, 0.1) is 0 Å². The number of hydrogen-bond acceptors (Lipinski definition) is 7. The number of carbonyl (C=O) groups excluding carboxylic acids is 2. The molecule has 2 aromatic carbocycles. The highest BCUT2D eigenvalue weighted by atomic mass is 32.2. The number of thiocarbonyl (C=S) groups is 1. The van der Waals surface area contributed by atoms with E-state index in [4.69, 9.17) is 21.7 Å². The summed E-state index contributed by atoms with van der Waals surface area (Å²) in [6, 6.07) is 11.6. The number of rotatable bonds is 5. The topological polar surface area (TPSA) is 88.1 Å². The van der Waals surface area contributed by atoms with Crippen molar-refractivity contribution in [2.45, 2.75) is 0 Å². The second-order valence-electron chi connectivity index (χ2n) is 5.60. The minimum absolute atomic E-state index is 0.134. The molecule has 2 aromatic rings. The van der Waals surface area contributed by atoms with Gasteiger partial charge in [0.05, 0.1) is 19.1 Å². The van der Waals surface area contributed by atoms with Crippen LogP contribution in [0.2, 0.25) is 0 Å². The summed E-state index contributed by atoms with van der Waals surface area (Å²) in [4.78, 5) is 25.3. The van der Waals surface area contributed by atoms with Crippen LogP contribution in [0.4, 0.5) is 0 Å². The lowest BCUT2D eigenvalue weighted by atomic mass is 10.1. The third-order valence-corrected chi connectivity index (χ3v) is 5.15. The molecule has 28 heavy (non-hydrogen) atoms. The number of nitrogens with one attached hydrogen (secondary N) is 1. The fourth-order valence-corrected chi connectivity index (χ4v) is 3.65. The van der Waals surface area contributed by atoms with Gasteiger partial charge >= 0.3 is 0 Å². The Morgan fingerprint density at radius 2 is 1.79 bits per heavy atom. The van der Waals surface area contributed by atoms with E-state index in [0.717, 1.165) is 16.8 Å². The Morgan fingerprint density at radius 3 is 2.36 bits per heavy atom. The molecule has 0 aromatic heterocycles. The zero-order valence-electron chi connectivity index (χ0n) is 15.0. The van der Waals surface area contributed by atoms with Crippen molar-refractivity contribution in [2.75, 3.05) is 14.2 Å². The second kappa shape index (κ2) is 8.32. The number of amides is 2. The van der Waals surface area contributed by atoms with Crippen LogP contribution in [0.15, 0.2) is 47.4 Å². The number of phenols is 1. The predicted octanol–water partition coefficient (Wildman–Crippen LogP) is 2.96. The maximum absolute atomic E-state index is 12.7. The Morgan fingerprint density at radius 1 is 1.18 bits per heavy atom. The number of ether oxygens (including phenoxy) is 2. The molecule has 0 radical (unpaired) electrons. The molecule has 0 aliphatic carbocycles. The minimum atomic E-state index is -0.453. The van der Waals surface area contributed by atoms with Crippen LogP contribution in [0.1, 0.15) is 15.9 Å². The van der Waals surface area contributed by atoms with Crippen molar-refractivity contribution in [2.24, 2.45) is 0 Å². The molecule has 2 N–H and O–H groups in total. The third-order valence-electron chi connectivity index (χ3n) is 3.84. The highest BCUT2D eigenvalue weighted by molar-refractivity contribution is 8.26. The fourth-order valence-electron chi connectivity index (χ4n) is 2.47. The van der Waals surface area contributed by atoms with Gasteiger partial charge in [-0.15, -0.1) is 0 Å². The number of hydrazine groups is 1. The van der Waals surface area contributed by atoms with Gasteiger partial charge in [0.1, 0.15) is 0 Å². The van der Waals surface area contributed by atoms with Gasteiger partial charge in [-0.2, -0.15) is 5.01 Å². The molecule has 1 aliphatic rings. The molecule has 0 spiro atoms. The van der Waals surface area contributed by atoms with Crippen LogP contribution in [-0.2, 0) is 4.79 Å². The number of phenolic OH excluding ortho intramolecular Hbond substituents is 1. The lowest BCUT2D eigenvalue weighted by molar-refractivity contribution is -0.123. The average Bonchev–Trinajstić information content (AvgIpc) is 2.97. The molecule has 1 heterocycles. The molecule has 2 amide bonds. The fraction of sp³-hybridized carbons (Fsp3) is 0.105. The summed E-state index contributed by atoms with van der Waals surface area (Å²) in [5, 5.41) is 11.0. The standard InChI is InChI=1S/C19H16N2O5S2/c1-25-13-8-11(9-14(26-2)16(13)22)10-15-18(24)21(19(27)28-15)20-17(23)12-6-4-3-5-7-12/h3-10,22H,1-2H3,(H,20,23)/b15-10-. The van der Waals surface area contributed by atoms with E-state index in [0.29, 0.717) is 16.0 Å². The van der Waals surface area contributed by atoms with Crippen LogP contribution in [0.5, 0.6) is 17.2 Å². The van der Waals surface area contributed by atoms with Crippen molar-refractivity contribution >= 4 is 46.2 Å². The van der Waals surface area contributed by atoms with Crippen molar-refractivity contribution in [3.63, 3.8) is 0 Å². The maximum atomic E-state index is 12.7. The van der Waals surface area contributed by atoms with Gasteiger partial charge in [0.25, 0.3) is 11.8 Å². The van der Waals surface area contributed by atoms with Crippen molar-refractivity contribution in [3.05, 3.63) is 58.5 Å². The quantitative estimate of drug-likeness (QED) is 0.572. The van der Waals surface area contributed by atoms with Crippen molar-refractivity contribution in [1.82, 2.24) is 10.4 Å². The molecule has 1 aliphatic heterocycles. The molecule has 0 atom stereocenters. The first-order valence-corrected chi connectivity index (χ1v) is 9.26. The van der Waals surface area contributed by atoms with Gasteiger partial charge in [0.2, 0.25) is 5.75 Å². The third kappa shape index (κ3) is 3.95. The predicted molar refractivity (Wildman–Crippen MR) is 110 cm³/mol. The van der Waals surface area contributed by atoms with Crippen LogP contribution in [0.25, 0.3) is 6.08 Å². The molecule has 7 nitrogen and oxygen atoms in total. The molecular weight excluding hydrogens is 400 g/mol. The van der Waals surface area contributed by atoms with Crippen LogP contribution in [0.3, 0.4) is 0 Å². The Hall–Kier alpha value is -3.04. The Balaban J connectivity index is 1.84. The highest BCUT2D eigenvalue weighted by Crippen LogP contribution is 2.39. The van der Waals surface area contributed by atoms with E-state index in [-0.39, 0.29) is 21.6 Å². The van der Waals surface area contributed by atoms with Crippen LogP contribution in [-0.4, -0.2) is 40.5 Å². The van der Waals surface area contributed by atoms with Gasteiger partial charge in [0.15, 0.2) is 15.8 Å². The average molecular weight is 416 g/mol. The first-order valence-electron chi connectivity index (χ1n) is 8.03. The monoisotopic (exact) mass is 416 g/mol. The summed E-state index contributed by atoms with van der Waals surface area (Å²) >= 11 is 6.28. The van der Waals surface area contributed by atoms with E-state index >= 15 is 0 Å². The van der Waals surface area contributed by atoms with E-state index in [9.17, 15) is 14.7 Å². The molecule has 144 valence electrons. The van der Waals surface area contributed by atoms with Gasteiger partial charge in [-0.3, -0.25) is 15.0 Å². The first kappa shape index (κ1) is 19.7. The number of carbonyl (C=O) groups is 2. The van der Waals surface area contributed by atoms with Gasteiger partial charge in [-0.1, -0.05) is 30.0 Å². The number of benzene rings is 2. The maximum Gasteiger partial charge on any atom is 0.285 e. The molecule has 9 heteroatoms. The van der Waals surface area contributed by atoms with E-state index in [1.807, 2.05) is 0 Å². The second-order valence-corrected chi connectivity index (χ2v) is 7.27. The van der Waals surface area contributed by atoms with E-state index < -0.39 is 11.8 Å². The molecular formula is C19H16N2O5S2. The lowest BCUT2D eigenvalue weighted by Gasteiger charge is -2.15. The van der Waals surface area contributed by atoms with Crippen LogP contribution >= 0.6 is 24.0 Å². The molecule has 0 saturated carbocycles. The first-order chi connectivity index (χ1) is 13.4. The molecule has 1 saturated heterocycles. The Labute approximate surface area is 170 Å². The van der Waals surface area contributed by atoms with Gasteiger partial charge in [0, 0.05) is 5.56 Å². The number of aromatic hydroxyl groups is 1. The summed E-state index contributed by atoms with van der Waals surface area (Å²) in [6.45, 7) is 0. The highest BCUT2D eigenvalue weighted by Gasteiger charge is 2.34. The Bertz CT molecular complexity index is 951. The lowest BCUT2D eigenvalue weighted by Crippen LogP contribution is -2.44. The summed E-state index contributed by atoms with van der Waals surface area (Å²) < 4.78 is 10.4. The number of hydrogen-bond donors (Lipinski definition) is 2. The zero-order chi connectivity index (χ0) is 20.3. The summed E-state index contributed by atoms with van der Waals surface area (Å²) in [5.41, 5.74) is 3.50. The number of thioether (sulfide) groups is 1. The minimum Gasteiger partial charge on any atom is -0.502 e. The van der Waals surface area contributed by atoms with Crippen molar-refractivity contribution in [3.8, 4) is 17.2 Å². The smallest absolute Gasteiger partial charge is 0.285 e. The van der Waals surface area contributed by atoms with Gasteiger partial charge in [-0.25, -0.2) is 0 Å². The largest absolute Gasteiger partial charge is 0.502 e. The Kier molecular flexibility index (Phi) is 5.86. The van der Waals surface area contributed by atoms with E-state index in [2.05, 4.69) is 5.43 Å². The van der Waals surface area contributed by atoms with Crippen LogP contribution < -0.4 is 14.9 Å².